The van der Waals surface area contributed by atoms with E-state index in [0.29, 0.717) is 23.5 Å². The Morgan fingerprint density at radius 3 is 2.16 bits per heavy atom. The zero-order valence-corrected chi connectivity index (χ0v) is 16.7. The number of nitrogens with one attached hydrogen (secondary N) is 3. The van der Waals surface area contributed by atoms with Gasteiger partial charge >= 0.3 is 6.03 Å². The summed E-state index contributed by atoms with van der Waals surface area (Å²) in [4.78, 5) is 24.6. The first kappa shape index (κ1) is 19.9. The van der Waals surface area contributed by atoms with Gasteiger partial charge in [0.05, 0.1) is 5.69 Å². The average Bonchev–Trinajstić information content (AvgIpc) is 3.33. The highest BCUT2D eigenvalue weighted by Gasteiger charge is 2.09. The maximum absolute atomic E-state index is 12.6. The summed E-state index contributed by atoms with van der Waals surface area (Å²) < 4.78 is 1.77. The van der Waals surface area contributed by atoms with Crippen molar-refractivity contribution in [3.63, 3.8) is 0 Å². The highest BCUT2D eigenvalue weighted by Crippen LogP contribution is 2.14. The van der Waals surface area contributed by atoms with Crippen LogP contribution in [0, 0.1) is 0 Å². The summed E-state index contributed by atoms with van der Waals surface area (Å²) in [5.74, 6) is -0.199. The monoisotopic (exact) mass is 411 g/mol. The van der Waals surface area contributed by atoms with E-state index in [1.54, 1.807) is 47.3 Å². The number of aromatic nitrogens is 2. The Labute approximate surface area is 179 Å². The van der Waals surface area contributed by atoms with Gasteiger partial charge in [-0.25, -0.2) is 9.48 Å². The van der Waals surface area contributed by atoms with Crippen molar-refractivity contribution in [2.24, 2.45) is 0 Å². The lowest BCUT2D eigenvalue weighted by atomic mass is 10.1. The zero-order chi connectivity index (χ0) is 21.5. The minimum absolute atomic E-state index is 0.199. The van der Waals surface area contributed by atoms with Crippen LogP contribution in [0.4, 0.5) is 16.2 Å². The van der Waals surface area contributed by atoms with Crippen LogP contribution in [0.2, 0.25) is 0 Å². The Kier molecular flexibility index (Phi) is 6.04. The third-order valence-electron chi connectivity index (χ3n) is 4.62. The van der Waals surface area contributed by atoms with E-state index < -0.39 is 0 Å². The summed E-state index contributed by atoms with van der Waals surface area (Å²) in [6.45, 7) is 0.369. The van der Waals surface area contributed by atoms with Crippen LogP contribution in [-0.4, -0.2) is 21.7 Å². The third-order valence-corrected chi connectivity index (χ3v) is 4.62. The molecule has 154 valence electrons. The molecule has 7 nitrogen and oxygen atoms in total. The lowest BCUT2D eigenvalue weighted by molar-refractivity contribution is 0.0951. The number of benzene rings is 3. The van der Waals surface area contributed by atoms with Gasteiger partial charge in [0.2, 0.25) is 0 Å². The molecular formula is C24H21N5O2. The van der Waals surface area contributed by atoms with Gasteiger partial charge in [-0.2, -0.15) is 5.10 Å². The van der Waals surface area contributed by atoms with Gasteiger partial charge < -0.3 is 16.0 Å². The lowest BCUT2D eigenvalue weighted by Gasteiger charge is -2.11. The predicted molar refractivity (Wildman–Crippen MR) is 120 cm³/mol. The van der Waals surface area contributed by atoms with Crippen LogP contribution < -0.4 is 16.0 Å². The predicted octanol–water partition coefficient (Wildman–Crippen LogP) is 4.45. The molecule has 0 saturated heterocycles. The summed E-state index contributed by atoms with van der Waals surface area (Å²) in [7, 11) is 0. The van der Waals surface area contributed by atoms with Gasteiger partial charge in [-0.15, -0.1) is 0 Å². The molecule has 0 aliphatic carbocycles. The number of amides is 3. The first-order valence-corrected chi connectivity index (χ1v) is 9.78. The van der Waals surface area contributed by atoms with E-state index >= 15 is 0 Å². The van der Waals surface area contributed by atoms with Crippen LogP contribution in [0.15, 0.2) is 97.3 Å². The summed E-state index contributed by atoms with van der Waals surface area (Å²) in [6, 6.07) is 25.2. The van der Waals surface area contributed by atoms with Crippen molar-refractivity contribution in [2.75, 3.05) is 10.6 Å². The van der Waals surface area contributed by atoms with Crippen LogP contribution >= 0.6 is 0 Å². The number of anilines is 2. The van der Waals surface area contributed by atoms with E-state index in [2.05, 4.69) is 21.0 Å². The molecule has 1 aromatic heterocycles. The maximum Gasteiger partial charge on any atom is 0.323 e. The Morgan fingerprint density at radius 2 is 1.45 bits per heavy atom. The van der Waals surface area contributed by atoms with E-state index in [1.165, 1.54) is 0 Å². The van der Waals surface area contributed by atoms with Gasteiger partial charge in [0.25, 0.3) is 5.91 Å². The molecule has 7 heteroatoms. The molecule has 0 unspecified atom stereocenters. The van der Waals surface area contributed by atoms with Crippen molar-refractivity contribution < 1.29 is 9.59 Å². The fourth-order valence-electron chi connectivity index (χ4n) is 3.09. The van der Waals surface area contributed by atoms with Crippen molar-refractivity contribution in [1.29, 1.82) is 0 Å². The highest BCUT2D eigenvalue weighted by molar-refractivity contribution is 6.00. The highest BCUT2D eigenvalue weighted by atomic mass is 16.2. The van der Waals surface area contributed by atoms with Crippen LogP contribution in [0.5, 0.6) is 0 Å². The maximum atomic E-state index is 12.6. The molecule has 31 heavy (non-hydrogen) atoms. The van der Waals surface area contributed by atoms with Crippen LogP contribution in [0.25, 0.3) is 5.69 Å². The molecule has 3 amide bonds. The standard InChI is InChI=1S/C24H21N5O2/c30-23(25-17-19-7-4-5-10-22(19)29-16-6-15-26-29)18-11-13-21(14-12-18)28-24(31)27-20-8-2-1-3-9-20/h1-16H,17H2,(H,25,30)(H2,27,28,31). The van der Waals surface area contributed by atoms with Crippen LogP contribution in [0.1, 0.15) is 15.9 Å². The molecule has 4 rings (SSSR count). The largest absolute Gasteiger partial charge is 0.348 e. The molecule has 3 N–H and O–H groups in total. The summed E-state index contributed by atoms with van der Waals surface area (Å²) in [6.07, 6.45) is 3.57. The van der Waals surface area contributed by atoms with Crippen molar-refractivity contribution in [3.8, 4) is 5.69 Å². The number of rotatable bonds is 6. The second-order valence-corrected chi connectivity index (χ2v) is 6.78. The molecule has 0 aliphatic heterocycles. The summed E-state index contributed by atoms with van der Waals surface area (Å²) in [5.41, 5.74) is 3.66. The molecule has 3 aromatic carbocycles. The molecule has 4 aromatic rings. The van der Waals surface area contributed by atoms with Crippen LogP contribution in [-0.2, 0) is 6.54 Å². The molecular weight excluding hydrogens is 390 g/mol. The number of hydrogen-bond acceptors (Lipinski definition) is 3. The van der Waals surface area contributed by atoms with Crippen LogP contribution in [0.3, 0.4) is 0 Å². The number of carbonyl (C=O) groups is 2. The Hall–Kier alpha value is -4.39. The number of urea groups is 1. The van der Waals surface area contributed by atoms with Gasteiger partial charge in [-0.3, -0.25) is 4.79 Å². The van der Waals surface area contributed by atoms with E-state index in [4.69, 9.17) is 0 Å². The van der Waals surface area contributed by atoms with Gasteiger partial charge in [-0.1, -0.05) is 36.4 Å². The van der Waals surface area contributed by atoms with E-state index in [9.17, 15) is 9.59 Å². The second-order valence-electron chi connectivity index (χ2n) is 6.78. The molecule has 0 radical (unpaired) electrons. The second kappa shape index (κ2) is 9.41. The smallest absolute Gasteiger partial charge is 0.323 e. The van der Waals surface area contributed by atoms with E-state index in [1.807, 2.05) is 54.7 Å². The normalized spacial score (nSPS) is 10.3. The van der Waals surface area contributed by atoms with Crippen molar-refractivity contribution in [1.82, 2.24) is 15.1 Å². The number of nitrogens with zero attached hydrogens (tertiary/aromatic N) is 2. The molecule has 0 saturated carbocycles. The Morgan fingerprint density at radius 1 is 0.774 bits per heavy atom. The average molecular weight is 411 g/mol. The van der Waals surface area contributed by atoms with Gasteiger partial charge in [0.15, 0.2) is 0 Å². The summed E-state index contributed by atoms with van der Waals surface area (Å²) in [5, 5.41) is 12.7. The third kappa shape index (κ3) is 5.16. The first-order chi connectivity index (χ1) is 15.2. The fraction of sp³-hybridized carbons (Fsp3) is 0.0417. The molecule has 1 heterocycles. The minimum atomic E-state index is -0.348. The van der Waals surface area contributed by atoms with E-state index in [0.717, 1.165) is 11.3 Å². The SMILES string of the molecule is O=C(Nc1ccccc1)Nc1ccc(C(=O)NCc2ccccc2-n2cccn2)cc1. The van der Waals surface area contributed by atoms with Gasteiger partial charge in [0.1, 0.15) is 0 Å². The summed E-state index contributed by atoms with van der Waals surface area (Å²) >= 11 is 0. The van der Waals surface area contributed by atoms with Crippen molar-refractivity contribution >= 4 is 23.3 Å². The number of carbonyl (C=O) groups excluding carboxylic acids is 2. The van der Waals surface area contributed by atoms with Crippen molar-refractivity contribution in [2.45, 2.75) is 6.54 Å². The number of hydrogen-bond donors (Lipinski definition) is 3. The minimum Gasteiger partial charge on any atom is -0.348 e. The zero-order valence-electron chi connectivity index (χ0n) is 16.7. The van der Waals surface area contributed by atoms with E-state index in [-0.39, 0.29) is 11.9 Å². The van der Waals surface area contributed by atoms with Gasteiger partial charge in [-0.05, 0) is 54.1 Å². The molecule has 0 atom stereocenters. The Balaban J connectivity index is 1.34. The quantitative estimate of drug-likeness (QED) is 0.438. The molecule has 0 spiro atoms. The van der Waals surface area contributed by atoms with Gasteiger partial charge in [0, 0.05) is 35.9 Å². The first-order valence-electron chi connectivity index (χ1n) is 9.78. The topological polar surface area (TPSA) is 88.0 Å². The molecule has 0 bridgehead atoms. The molecule has 0 fully saturated rings. The lowest BCUT2D eigenvalue weighted by Crippen LogP contribution is -2.23. The molecule has 0 aliphatic rings. The van der Waals surface area contributed by atoms with Crippen molar-refractivity contribution in [3.05, 3.63) is 108 Å². The number of para-hydroxylation sites is 2. The fourth-order valence-corrected chi connectivity index (χ4v) is 3.09. The Bertz CT molecular complexity index is 1160.